The highest BCUT2D eigenvalue weighted by molar-refractivity contribution is 5.90. The summed E-state index contributed by atoms with van der Waals surface area (Å²) in [5.74, 6) is -0.236. The Bertz CT molecular complexity index is 361. The number of hydrogen-bond donors (Lipinski definition) is 1. The average molecular weight is 226 g/mol. The second kappa shape index (κ2) is 5.97. The topological polar surface area (TPSA) is 65.0 Å². The molecule has 0 amide bonds. The highest BCUT2D eigenvalue weighted by Gasteiger charge is 2.09. The van der Waals surface area contributed by atoms with Gasteiger partial charge in [-0.15, -0.1) is 0 Å². The summed E-state index contributed by atoms with van der Waals surface area (Å²) in [6.45, 7) is 2.44. The Balaban J connectivity index is 2.77. The summed E-state index contributed by atoms with van der Waals surface area (Å²) in [6, 6.07) is 4.18. The minimum Gasteiger partial charge on any atom is -0.508 e. The van der Waals surface area contributed by atoms with E-state index in [1.165, 1.54) is 25.3 Å². The van der Waals surface area contributed by atoms with E-state index in [0.29, 0.717) is 12.4 Å². The molecule has 0 heterocycles. The van der Waals surface area contributed by atoms with Crippen LogP contribution in [0, 0.1) is 0 Å². The Morgan fingerprint density at radius 2 is 2.12 bits per heavy atom. The minimum absolute atomic E-state index is 0.0607. The van der Waals surface area contributed by atoms with Crippen molar-refractivity contribution in [2.24, 2.45) is 0 Å². The molecule has 0 saturated carbocycles. The van der Waals surface area contributed by atoms with Gasteiger partial charge in [-0.05, 0) is 19.1 Å². The monoisotopic (exact) mass is 226 g/mol. The molecule has 0 aliphatic heterocycles. The lowest BCUT2D eigenvalue weighted by Crippen LogP contribution is -2.04. The van der Waals surface area contributed by atoms with E-state index in [4.69, 9.17) is 9.47 Å². The highest BCUT2D eigenvalue weighted by atomic mass is 16.7. The fourth-order valence-electron chi connectivity index (χ4n) is 1.10. The zero-order chi connectivity index (χ0) is 12.0. The Morgan fingerprint density at radius 3 is 2.75 bits per heavy atom. The highest BCUT2D eigenvalue weighted by Crippen LogP contribution is 2.22. The van der Waals surface area contributed by atoms with Gasteiger partial charge in [0.1, 0.15) is 11.5 Å². The van der Waals surface area contributed by atoms with Gasteiger partial charge in [-0.2, -0.15) is 0 Å². The van der Waals surface area contributed by atoms with Gasteiger partial charge in [-0.3, -0.25) is 0 Å². The zero-order valence-corrected chi connectivity index (χ0v) is 9.23. The largest absolute Gasteiger partial charge is 0.508 e. The number of esters is 1. The van der Waals surface area contributed by atoms with Crippen LogP contribution in [0.5, 0.6) is 11.5 Å². The van der Waals surface area contributed by atoms with Crippen molar-refractivity contribution in [1.82, 2.24) is 0 Å². The molecule has 0 unspecified atom stereocenters. The van der Waals surface area contributed by atoms with Gasteiger partial charge in [-0.25, -0.2) is 4.79 Å². The number of benzene rings is 1. The Hall–Kier alpha value is -1.75. The lowest BCUT2D eigenvalue weighted by atomic mass is 10.2. The van der Waals surface area contributed by atoms with Crippen molar-refractivity contribution in [2.75, 3.05) is 20.5 Å². The predicted octanol–water partition coefficient (Wildman–Crippen LogP) is 1.55. The van der Waals surface area contributed by atoms with Crippen molar-refractivity contribution < 1.29 is 24.1 Å². The van der Waals surface area contributed by atoms with Crippen LogP contribution in [-0.2, 0) is 9.47 Å². The molecule has 0 aliphatic carbocycles. The molecule has 88 valence electrons. The molecule has 0 atom stereocenters. The third-order valence-electron chi connectivity index (χ3n) is 1.83. The fraction of sp³-hybridized carbons (Fsp3) is 0.364. The molecule has 1 rings (SSSR count). The van der Waals surface area contributed by atoms with Crippen LogP contribution in [0.4, 0.5) is 0 Å². The van der Waals surface area contributed by atoms with Crippen molar-refractivity contribution in [3.05, 3.63) is 23.8 Å². The number of methoxy groups -OCH3 is 1. The first kappa shape index (κ1) is 12.3. The molecule has 5 heteroatoms. The molecule has 0 bridgehead atoms. The van der Waals surface area contributed by atoms with Crippen molar-refractivity contribution in [3.63, 3.8) is 0 Å². The number of aromatic hydroxyl groups is 1. The molecular weight excluding hydrogens is 212 g/mol. The Morgan fingerprint density at radius 1 is 1.38 bits per heavy atom. The van der Waals surface area contributed by atoms with Crippen molar-refractivity contribution in [2.45, 2.75) is 6.92 Å². The fourth-order valence-corrected chi connectivity index (χ4v) is 1.10. The van der Waals surface area contributed by atoms with Crippen LogP contribution in [0.25, 0.3) is 0 Å². The Kier molecular flexibility index (Phi) is 4.60. The van der Waals surface area contributed by atoms with E-state index in [0.717, 1.165) is 0 Å². The van der Waals surface area contributed by atoms with Gasteiger partial charge in [0.15, 0.2) is 6.79 Å². The lowest BCUT2D eigenvalue weighted by Gasteiger charge is -2.07. The van der Waals surface area contributed by atoms with Gasteiger partial charge < -0.3 is 19.3 Å². The van der Waals surface area contributed by atoms with Crippen LogP contribution < -0.4 is 4.74 Å². The van der Waals surface area contributed by atoms with Crippen molar-refractivity contribution >= 4 is 5.97 Å². The lowest BCUT2D eigenvalue weighted by molar-refractivity contribution is 0.0221. The van der Waals surface area contributed by atoms with Crippen LogP contribution in [0.15, 0.2) is 18.2 Å². The molecule has 0 aliphatic rings. The molecule has 1 N–H and O–H groups in total. The first-order chi connectivity index (χ1) is 7.67. The number of ether oxygens (including phenoxy) is 3. The SMILES string of the molecule is CCOCOc1cc(O)cc(C(=O)OC)c1. The summed E-state index contributed by atoms with van der Waals surface area (Å²) in [4.78, 5) is 11.2. The number of phenolic OH excluding ortho intramolecular Hbond substituents is 1. The number of hydrogen-bond acceptors (Lipinski definition) is 5. The quantitative estimate of drug-likeness (QED) is 0.469. The van der Waals surface area contributed by atoms with E-state index in [-0.39, 0.29) is 18.1 Å². The number of carbonyl (C=O) groups is 1. The second-order valence-corrected chi connectivity index (χ2v) is 2.96. The van der Waals surface area contributed by atoms with E-state index < -0.39 is 5.97 Å². The number of phenols is 1. The van der Waals surface area contributed by atoms with Crippen LogP contribution in [0.3, 0.4) is 0 Å². The van der Waals surface area contributed by atoms with E-state index in [9.17, 15) is 9.90 Å². The maximum atomic E-state index is 11.2. The summed E-state index contributed by atoms with van der Waals surface area (Å²) in [6.07, 6.45) is 0. The molecule has 0 radical (unpaired) electrons. The third-order valence-corrected chi connectivity index (χ3v) is 1.83. The minimum atomic E-state index is -0.530. The molecular formula is C11H14O5. The first-order valence-corrected chi connectivity index (χ1v) is 4.80. The molecule has 0 fully saturated rings. The van der Waals surface area contributed by atoms with Gasteiger partial charge in [0.05, 0.1) is 12.7 Å². The van der Waals surface area contributed by atoms with Gasteiger partial charge in [0, 0.05) is 12.7 Å². The van der Waals surface area contributed by atoms with Crippen molar-refractivity contribution in [1.29, 1.82) is 0 Å². The summed E-state index contributed by atoms with van der Waals surface area (Å²) < 4.78 is 14.7. The van der Waals surface area contributed by atoms with Gasteiger partial charge in [0.2, 0.25) is 0 Å². The van der Waals surface area contributed by atoms with E-state index in [1.807, 2.05) is 6.92 Å². The zero-order valence-electron chi connectivity index (χ0n) is 9.23. The summed E-state index contributed by atoms with van der Waals surface area (Å²) in [5.41, 5.74) is 0.231. The summed E-state index contributed by atoms with van der Waals surface area (Å²) in [7, 11) is 1.27. The molecule has 0 aromatic heterocycles. The maximum Gasteiger partial charge on any atom is 0.338 e. The maximum absolute atomic E-state index is 11.2. The van der Waals surface area contributed by atoms with Crippen LogP contribution >= 0.6 is 0 Å². The molecule has 1 aromatic rings. The normalized spacial score (nSPS) is 9.88. The first-order valence-electron chi connectivity index (χ1n) is 4.80. The summed E-state index contributed by atoms with van der Waals surface area (Å²) in [5, 5.41) is 9.37. The Labute approximate surface area is 93.6 Å². The second-order valence-electron chi connectivity index (χ2n) is 2.96. The molecule has 16 heavy (non-hydrogen) atoms. The van der Waals surface area contributed by atoms with Gasteiger partial charge in [0.25, 0.3) is 0 Å². The van der Waals surface area contributed by atoms with Crippen molar-refractivity contribution in [3.8, 4) is 11.5 Å². The molecule has 5 nitrogen and oxygen atoms in total. The summed E-state index contributed by atoms with van der Waals surface area (Å²) >= 11 is 0. The predicted molar refractivity (Wildman–Crippen MR) is 56.6 cm³/mol. The third kappa shape index (κ3) is 3.43. The van der Waals surface area contributed by atoms with Crippen LogP contribution in [-0.4, -0.2) is 31.6 Å². The van der Waals surface area contributed by atoms with Gasteiger partial charge in [-0.1, -0.05) is 0 Å². The number of rotatable bonds is 5. The number of carbonyl (C=O) groups excluding carboxylic acids is 1. The molecule has 1 aromatic carbocycles. The average Bonchev–Trinajstić information content (AvgIpc) is 2.27. The standard InChI is InChI=1S/C11H14O5/c1-3-15-7-16-10-5-8(11(13)14-2)4-9(12)6-10/h4-6,12H,3,7H2,1-2H3. The van der Waals surface area contributed by atoms with Crippen LogP contribution in [0.2, 0.25) is 0 Å². The molecule has 0 saturated heterocycles. The van der Waals surface area contributed by atoms with Gasteiger partial charge >= 0.3 is 5.97 Å². The van der Waals surface area contributed by atoms with E-state index in [1.54, 1.807) is 0 Å². The van der Waals surface area contributed by atoms with E-state index in [2.05, 4.69) is 4.74 Å². The molecule has 0 spiro atoms. The van der Waals surface area contributed by atoms with E-state index >= 15 is 0 Å². The van der Waals surface area contributed by atoms with Crippen LogP contribution in [0.1, 0.15) is 17.3 Å². The smallest absolute Gasteiger partial charge is 0.338 e.